The summed E-state index contributed by atoms with van der Waals surface area (Å²) in [7, 11) is -7.43. The number of benzene rings is 2. The summed E-state index contributed by atoms with van der Waals surface area (Å²) >= 11 is 0. The summed E-state index contributed by atoms with van der Waals surface area (Å²) in [6, 6.07) is 9.76. The second kappa shape index (κ2) is 8.27. The highest BCUT2D eigenvalue weighted by Crippen LogP contribution is 2.30. The van der Waals surface area contributed by atoms with Crippen LogP contribution in [0.15, 0.2) is 46.2 Å². The zero-order valence-electron chi connectivity index (χ0n) is 15.1. The molecule has 1 aliphatic rings. The highest BCUT2D eigenvalue weighted by atomic mass is 32.2. The third-order valence-corrected chi connectivity index (χ3v) is 7.46. The molecule has 8 nitrogen and oxygen atoms in total. The number of aliphatic hydroxyl groups is 2. The van der Waals surface area contributed by atoms with E-state index in [1.807, 2.05) is 0 Å². The summed E-state index contributed by atoms with van der Waals surface area (Å²) in [5.74, 6) is 0. The summed E-state index contributed by atoms with van der Waals surface area (Å²) in [6.07, 6.45) is 0.997. The van der Waals surface area contributed by atoms with E-state index in [1.54, 1.807) is 24.3 Å². The van der Waals surface area contributed by atoms with Gasteiger partial charge >= 0.3 is 0 Å². The molecule has 0 heterocycles. The zero-order valence-corrected chi connectivity index (χ0v) is 16.7. The molecule has 28 heavy (non-hydrogen) atoms. The van der Waals surface area contributed by atoms with Crippen molar-refractivity contribution < 1.29 is 27.0 Å². The van der Waals surface area contributed by atoms with Crippen LogP contribution in [0.25, 0.3) is 0 Å². The molecule has 0 amide bonds. The number of aliphatic hydroxyl groups excluding tert-OH is 2. The lowest BCUT2D eigenvalue weighted by molar-refractivity contribution is 0.300. The van der Waals surface area contributed by atoms with E-state index in [4.69, 9.17) is 10.2 Å². The average molecular weight is 427 g/mol. The molecule has 0 unspecified atom stereocenters. The molecule has 0 saturated carbocycles. The lowest BCUT2D eigenvalue weighted by atomic mass is 9.86. The third kappa shape index (κ3) is 4.43. The summed E-state index contributed by atoms with van der Waals surface area (Å²) in [5, 5.41) is 17.7. The molecule has 0 spiro atoms. The number of hydrogen-bond donors (Lipinski definition) is 4. The Bertz CT molecular complexity index is 996. The number of hydrogen-bond acceptors (Lipinski definition) is 6. The normalized spacial score (nSPS) is 13.8. The molecule has 0 atom stereocenters. The van der Waals surface area contributed by atoms with Crippen LogP contribution in [0.2, 0.25) is 0 Å². The minimum Gasteiger partial charge on any atom is -0.395 e. The quantitative estimate of drug-likeness (QED) is 0.392. The summed E-state index contributed by atoms with van der Waals surface area (Å²) in [5.41, 5.74) is 3.61. The second-order valence-corrected chi connectivity index (χ2v) is 9.99. The Balaban J connectivity index is 1.91. The Labute approximate surface area is 164 Å². The maximum absolute atomic E-state index is 12.3. The maximum atomic E-state index is 12.3. The van der Waals surface area contributed by atoms with Crippen molar-refractivity contribution >= 4 is 20.0 Å². The van der Waals surface area contributed by atoms with Crippen LogP contribution in [0.5, 0.6) is 0 Å². The van der Waals surface area contributed by atoms with E-state index in [9.17, 15) is 16.8 Å². The molecule has 2 aromatic carbocycles. The fourth-order valence-corrected chi connectivity index (χ4v) is 5.29. The molecule has 0 fully saturated rings. The predicted octanol–water partition coefficient (Wildman–Crippen LogP) is -0.277. The average Bonchev–Trinajstić information content (AvgIpc) is 2.68. The van der Waals surface area contributed by atoms with Gasteiger partial charge in [0.05, 0.1) is 23.0 Å². The molecule has 10 heteroatoms. The number of fused-ring (bicyclic) bond motifs is 2. The maximum Gasteiger partial charge on any atom is 0.240 e. The van der Waals surface area contributed by atoms with Crippen LogP contribution >= 0.6 is 0 Å². The summed E-state index contributed by atoms with van der Waals surface area (Å²) < 4.78 is 53.7. The number of rotatable bonds is 8. The van der Waals surface area contributed by atoms with Gasteiger partial charge < -0.3 is 10.2 Å². The molecule has 3 rings (SSSR count). The molecular weight excluding hydrogens is 404 g/mol. The molecule has 1 aliphatic carbocycles. The topological polar surface area (TPSA) is 133 Å². The van der Waals surface area contributed by atoms with Gasteiger partial charge in [-0.25, -0.2) is 26.3 Å². The monoisotopic (exact) mass is 426 g/mol. The van der Waals surface area contributed by atoms with Crippen molar-refractivity contribution in [3.05, 3.63) is 58.7 Å². The van der Waals surface area contributed by atoms with Crippen molar-refractivity contribution in [1.29, 1.82) is 0 Å². The Hall–Kier alpha value is -1.82. The standard InChI is InChI=1S/C18H22N2O6S2/c21-7-5-19-27(23,24)17-3-1-13-9-14-2-4-18(28(25,26)20-6-8-22)12-16(14)10-15(13)11-17/h1-4,11-12,19-22H,5-10H2. The molecule has 4 N–H and O–H groups in total. The van der Waals surface area contributed by atoms with Gasteiger partial charge in [0.1, 0.15) is 0 Å². The molecule has 2 aromatic rings. The Kier molecular flexibility index (Phi) is 6.18. The van der Waals surface area contributed by atoms with Gasteiger partial charge in [-0.2, -0.15) is 0 Å². The molecule has 0 bridgehead atoms. The van der Waals surface area contributed by atoms with E-state index >= 15 is 0 Å². The lowest BCUT2D eigenvalue weighted by Crippen LogP contribution is -2.27. The minimum atomic E-state index is -3.71. The Morgan fingerprint density at radius 2 is 1.07 bits per heavy atom. The van der Waals surface area contributed by atoms with E-state index in [2.05, 4.69) is 9.44 Å². The van der Waals surface area contributed by atoms with Gasteiger partial charge in [-0.15, -0.1) is 0 Å². The van der Waals surface area contributed by atoms with E-state index < -0.39 is 20.0 Å². The SMILES string of the molecule is O=S(=O)(NCCO)c1ccc2c(c1)Cc1cc(S(=O)(=O)NCCO)ccc1C2. The molecule has 0 saturated heterocycles. The van der Waals surface area contributed by atoms with Crippen LogP contribution in [0.3, 0.4) is 0 Å². The highest BCUT2D eigenvalue weighted by molar-refractivity contribution is 7.89. The van der Waals surface area contributed by atoms with E-state index in [0.29, 0.717) is 12.8 Å². The third-order valence-electron chi connectivity index (χ3n) is 4.55. The van der Waals surface area contributed by atoms with Crippen molar-refractivity contribution in [2.24, 2.45) is 0 Å². The lowest BCUT2D eigenvalue weighted by Gasteiger charge is -2.21. The minimum absolute atomic E-state index is 0.0652. The van der Waals surface area contributed by atoms with Gasteiger partial charge in [-0.05, 0) is 59.4 Å². The van der Waals surface area contributed by atoms with Crippen LogP contribution in [-0.4, -0.2) is 53.4 Å². The fourth-order valence-electron chi connectivity index (χ4n) is 3.15. The molecule has 152 valence electrons. The second-order valence-electron chi connectivity index (χ2n) is 6.46. The Morgan fingerprint density at radius 3 is 1.46 bits per heavy atom. The first-order chi connectivity index (χ1) is 13.3. The van der Waals surface area contributed by atoms with Crippen molar-refractivity contribution in [1.82, 2.24) is 9.44 Å². The van der Waals surface area contributed by atoms with Crippen molar-refractivity contribution in [2.75, 3.05) is 26.3 Å². The van der Waals surface area contributed by atoms with Crippen molar-refractivity contribution in [3.8, 4) is 0 Å². The zero-order chi connectivity index (χ0) is 20.4. The van der Waals surface area contributed by atoms with E-state index in [-0.39, 0.29) is 36.1 Å². The molecular formula is C18H22N2O6S2. The van der Waals surface area contributed by atoms with Gasteiger partial charge in [0.25, 0.3) is 0 Å². The van der Waals surface area contributed by atoms with Gasteiger partial charge in [0.15, 0.2) is 0 Å². The molecule has 0 aliphatic heterocycles. The molecule has 0 aromatic heterocycles. The van der Waals surface area contributed by atoms with E-state index in [1.165, 1.54) is 12.1 Å². The van der Waals surface area contributed by atoms with Crippen LogP contribution in [-0.2, 0) is 32.9 Å². The van der Waals surface area contributed by atoms with Gasteiger partial charge in [0, 0.05) is 13.1 Å². The highest BCUT2D eigenvalue weighted by Gasteiger charge is 2.22. The first-order valence-electron chi connectivity index (χ1n) is 8.71. The number of sulfonamides is 2. The predicted molar refractivity (Wildman–Crippen MR) is 103 cm³/mol. The van der Waals surface area contributed by atoms with Crippen LogP contribution in [0, 0.1) is 0 Å². The number of nitrogens with one attached hydrogen (secondary N) is 2. The van der Waals surface area contributed by atoms with Crippen LogP contribution in [0.1, 0.15) is 22.3 Å². The van der Waals surface area contributed by atoms with Crippen molar-refractivity contribution in [3.63, 3.8) is 0 Å². The smallest absolute Gasteiger partial charge is 0.240 e. The first kappa shape index (κ1) is 20.9. The fraction of sp³-hybridized carbons (Fsp3) is 0.333. The van der Waals surface area contributed by atoms with Crippen LogP contribution < -0.4 is 9.44 Å². The first-order valence-corrected chi connectivity index (χ1v) is 11.7. The van der Waals surface area contributed by atoms with Gasteiger partial charge in [-0.3, -0.25) is 0 Å². The van der Waals surface area contributed by atoms with Gasteiger partial charge in [-0.1, -0.05) is 12.1 Å². The van der Waals surface area contributed by atoms with Crippen LogP contribution in [0.4, 0.5) is 0 Å². The summed E-state index contributed by atoms with van der Waals surface area (Å²) in [4.78, 5) is 0.216. The van der Waals surface area contributed by atoms with E-state index in [0.717, 1.165) is 22.3 Å². The Morgan fingerprint density at radius 1 is 0.679 bits per heavy atom. The largest absolute Gasteiger partial charge is 0.395 e. The molecule has 0 radical (unpaired) electrons. The summed E-state index contributed by atoms with van der Waals surface area (Å²) in [6.45, 7) is -0.715. The van der Waals surface area contributed by atoms with Gasteiger partial charge in [0.2, 0.25) is 20.0 Å². The van der Waals surface area contributed by atoms with Crippen molar-refractivity contribution in [2.45, 2.75) is 22.6 Å².